The van der Waals surface area contributed by atoms with Gasteiger partial charge in [-0.2, -0.15) is 0 Å². The third-order valence-corrected chi connectivity index (χ3v) is 1.38. The molecule has 54 valence electrons. The Morgan fingerprint density at radius 3 is 2.00 bits per heavy atom. The Kier molecular flexibility index (Phi) is 1.97. The van der Waals surface area contributed by atoms with E-state index in [9.17, 15) is 8.78 Å². The van der Waals surface area contributed by atoms with Gasteiger partial charge in [0.05, 0.1) is 0 Å². The predicted molar refractivity (Wildman–Crippen MR) is 30.1 cm³/mol. The van der Waals surface area contributed by atoms with E-state index in [0.717, 1.165) is 0 Å². The van der Waals surface area contributed by atoms with Crippen molar-refractivity contribution in [2.75, 3.05) is 0 Å². The Labute approximate surface area is 52.4 Å². The molecule has 0 aromatic carbocycles. The number of hydrogen-bond donors (Lipinski definition) is 2. The van der Waals surface area contributed by atoms with Gasteiger partial charge in [0.15, 0.2) is 12.6 Å². The van der Waals surface area contributed by atoms with Crippen molar-refractivity contribution in [1.29, 1.82) is 0 Å². The topological polar surface area (TPSA) is 38.0 Å². The molecule has 4 heteroatoms. The first-order chi connectivity index (χ1) is 4.18. The average molecular weight is 136 g/mol. The maximum Gasteiger partial charge on any atom is 0.154 e. The highest BCUT2D eigenvalue weighted by Crippen LogP contribution is 2.12. The van der Waals surface area contributed by atoms with E-state index >= 15 is 0 Å². The number of piperidine rings is 1. The minimum atomic E-state index is -1.26. The van der Waals surface area contributed by atoms with E-state index in [-0.39, 0.29) is 18.9 Å². The molecule has 0 aliphatic carbocycles. The van der Waals surface area contributed by atoms with Crippen molar-refractivity contribution in [3.63, 3.8) is 0 Å². The molecule has 1 rings (SSSR count). The van der Waals surface area contributed by atoms with Gasteiger partial charge >= 0.3 is 0 Å². The lowest BCUT2D eigenvalue weighted by Gasteiger charge is -2.25. The highest BCUT2D eigenvalue weighted by molar-refractivity contribution is 4.76. The van der Waals surface area contributed by atoms with Gasteiger partial charge in [-0.25, -0.2) is 8.78 Å². The molecule has 2 atom stereocenters. The predicted octanol–water partition coefficient (Wildman–Crippen LogP) is 0.288. The minimum absolute atomic E-state index is 0.223. The van der Waals surface area contributed by atoms with Crippen LogP contribution < -0.4 is 11.1 Å². The molecular formula is C5H10F2N2. The smallest absolute Gasteiger partial charge is 0.154 e. The second kappa shape index (κ2) is 2.58. The molecule has 1 fully saturated rings. The zero-order valence-corrected chi connectivity index (χ0v) is 4.98. The molecule has 1 aliphatic heterocycles. The third kappa shape index (κ3) is 1.87. The van der Waals surface area contributed by atoms with Gasteiger partial charge in [0.2, 0.25) is 0 Å². The van der Waals surface area contributed by atoms with Crippen LogP contribution in [0.1, 0.15) is 12.8 Å². The van der Waals surface area contributed by atoms with E-state index in [2.05, 4.69) is 5.32 Å². The number of nitrogens with two attached hydrogens (primary N) is 1. The van der Waals surface area contributed by atoms with Crippen LogP contribution in [0.15, 0.2) is 0 Å². The molecular weight excluding hydrogens is 126 g/mol. The summed E-state index contributed by atoms with van der Waals surface area (Å²) in [7, 11) is 0. The molecule has 1 saturated heterocycles. The number of nitrogens with one attached hydrogen (secondary N) is 1. The highest BCUT2D eigenvalue weighted by Gasteiger charge is 2.24. The SMILES string of the molecule is NC1CC(F)NC(F)C1. The van der Waals surface area contributed by atoms with Gasteiger partial charge in [0.1, 0.15) is 0 Å². The Morgan fingerprint density at radius 1 is 1.22 bits per heavy atom. The molecule has 2 unspecified atom stereocenters. The first kappa shape index (κ1) is 6.89. The van der Waals surface area contributed by atoms with Crippen LogP contribution in [-0.2, 0) is 0 Å². The van der Waals surface area contributed by atoms with E-state index < -0.39 is 12.6 Å². The maximum atomic E-state index is 12.3. The third-order valence-electron chi connectivity index (χ3n) is 1.38. The summed E-state index contributed by atoms with van der Waals surface area (Å²) in [5.74, 6) is 0. The van der Waals surface area contributed by atoms with Crippen LogP contribution >= 0.6 is 0 Å². The molecule has 1 aliphatic rings. The monoisotopic (exact) mass is 136 g/mol. The number of rotatable bonds is 0. The molecule has 9 heavy (non-hydrogen) atoms. The van der Waals surface area contributed by atoms with Crippen molar-refractivity contribution in [2.45, 2.75) is 31.5 Å². The van der Waals surface area contributed by atoms with Crippen LogP contribution in [0.5, 0.6) is 0 Å². The fourth-order valence-electron chi connectivity index (χ4n) is 0.960. The first-order valence-corrected chi connectivity index (χ1v) is 2.98. The van der Waals surface area contributed by atoms with Gasteiger partial charge in [-0.05, 0) is 0 Å². The summed E-state index contributed by atoms with van der Waals surface area (Å²) in [5, 5.41) is 2.10. The summed E-state index contributed by atoms with van der Waals surface area (Å²) < 4.78 is 24.5. The molecule has 0 radical (unpaired) electrons. The Bertz CT molecular complexity index is 73.9. The molecule has 1 heterocycles. The molecule has 0 saturated carbocycles. The van der Waals surface area contributed by atoms with Crippen molar-refractivity contribution in [2.24, 2.45) is 5.73 Å². The van der Waals surface area contributed by atoms with Crippen molar-refractivity contribution in [3.8, 4) is 0 Å². The summed E-state index contributed by atoms with van der Waals surface area (Å²) in [4.78, 5) is 0. The minimum Gasteiger partial charge on any atom is -0.327 e. The summed E-state index contributed by atoms with van der Waals surface area (Å²) in [6, 6.07) is -0.323. The van der Waals surface area contributed by atoms with E-state index in [1.54, 1.807) is 0 Å². The molecule has 0 amide bonds. The maximum absolute atomic E-state index is 12.3. The standard InChI is InChI=1S/C5H10F2N2/c6-4-1-3(8)2-5(7)9-4/h3-5,9H,1-2,8H2. The van der Waals surface area contributed by atoms with Crippen molar-refractivity contribution < 1.29 is 8.78 Å². The van der Waals surface area contributed by atoms with Crippen molar-refractivity contribution in [1.82, 2.24) is 5.32 Å². The summed E-state index contributed by atoms with van der Waals surface area (Å²) >= 11 is 0. The van der Waals surface area contributed by atoms with Crippen LogP contribution in [0.25, 0.3) is 0 Å². The molecule has 0 bridgehead atoms. The quantitative estimate of drug-likeness (QED) is 0.470. The van der Waals surface area contributed by atoms with E-state index in [1.165, 1.54) is 0 Å². The van der Waals surface area contributed by atoms with E-state index in [1.807, 2.05) is 0 Å². The second-order valence-corrected chi connectivity index (χ2v) is 2.33. The number of alkyl halides is 2. The van der Waals surface area contributed by atoms with Crippen LogP contribution in [0.3, 0.4) is 0 Å². The molecule has 0 aromatic rings. The second-order valence-electron chi connectivity index (χ2n) is 2.33. The summed E-state index contributed by atoms with van der Waals surface area (Å²) in [6.07, 6.45) is -2.08. The number of halogens is 2. The van der Waals surface area contributed by atoms with Crippen LogP contribution in [0, 0.1) is 0 Å². The van der Waals surface area contributed by atoms with Crippen molar-refractivity contribution in [3.05, 3.63) is 0 Å². The van der Waals surface area contributed by atoms with Crippen molar-refractivity contribution >= 4 is 0 Å². The van der Waals surface area contributed by atoms with Gasteiger partial charge in [-0.1, -0.05) is 0 Å². The van der Waals surface area contributed by atoms with Crippen LogP contribution in [0.4, 0.5) is 8.78 Å². The van der Waals surface area contributed by atoms with Gasteiger partial charge in [0.25, 0.3) is 0 Å². The van der Waals surface area contributed by atoms with Gasteiger partial charge < -0.3 is 5.73 Å². The van der Waals surface area contributed by atoms with E-state index in [0.29, 0.717) is 0 Å². The molecule has 2 nitrogen and oxygen atoms in total. The zero-order valence-electron chi connectivity index (χ0n) is 4.98. The lowest BCUT2D eigenvalue weighted by atomic mass is 10.1. The largest absolute Gasteiger partial charge is 0.327 e. The van der Waals surface area contributed by atoms with Gasteiger partial charge in [0, 0.05) is 18.9 Å². The normalized spacial score (nSPS) is 45.0. The van der Waals surface area contributed by atoms with Crippen LogP contribution in [0.2, 0.25) is 0 Å². The lowest BCUT2D eigenvalue weighted by molar-refractivity contribution is 0.101. The Morgan fingerprint density at radius 2 is 1.67 bits per heavy atom. The lowest BCUT2D eigenvalue weighted by Crippen LogP contribution is -2.46. The van der Waals surface area contributed by atoms with Crippen LogP contribution in [-0.4, -0.2) is 18.6 Å². The molecule has 0 spiro atoms. The fraction of sp³-hybridized carbons (Fsp3) is 1.00. The van der Waals surface area contributed by atoms with Gasteiger partial charge in [-0.15, -0.1) is 0 Å². The highest BCUT2D eigenvalue weighted by atomic mass is 19.2. The zero-order chi connectivity index (χ0) is 6.85. The van der Waals surface area contributed by atoms with E-state index in [4.69, 9.17) is 5.73 Å². The first-order valence-electron chi connectivity index (χ1n) is 2.98. The van der Waals surface area contributed by atoms with Gasteiger partial charge in [-0.3, -0.25) is 5.32 Å². The fourth-order valence-corrected chi connectivity index (χ4v) is 0.960. The summed E-state index contributed by atoms with van der Waals surface area (Å²) in [6.45, 7) is 0. The molecule has 3 N–H and O–H groups in total. The Hall–Kier alpha value is -0.220. The summed E-state index contributed by atoms with van der Waals surface area (Å²) in [5.41, 5.74) is 5.30. The number of hydrogen-bond acceptors (Lipinski definition) is 2. The Balaban J connectivity index is 2.34. The average Bonchev–Trinajstić information content (AvgIpc) is 1.59. The molecule has 0 aromatic heterocycles.